The second-order valence-electron chi connectivity index (χ2n) is 3.88. The first-order chi connectivity index (χ1) is 7.38. The average molecular weight is 209 g/mol. The van der Waals surface area contributed by atoms with Gasteiger partial charge in [-0.25, -0.2) is 0 Å². The molecular weight excluding hydrogens is 190 g/mol. The molecule has 0 bridgehead atoms. The smallest absolute Gasteiger partial charge is 0.0621 e. The van der Waals surface area contributed by atoms with Crippen molar-refractivity contribution in [1.29, 1.82) is 0 Å². The number of morpholine rings is 1. The number of hydrogen-bond donors (Lipinski definition) is 0. The molecule has 0 aromatic carbocycles. The van der Waals surface area contributed by atoms with Crippen LogP contribution in [0.2, 0.25) is 0 Å². The van der Waals surface area contributed by atoms with Gasteiger partial charge in [-0.15, -0.1) is 0 Å². The highest BCUT2D eigenvalue weighted by Crippen LogP contribution is 1.99. The minimum Gasteiger partial charge on any atom is -0.379 e. The van der Waals surface area contributed by atoms with Crippen LogP contribution >= 0.6 is 0 Å². The molecule has 0 amide bonds. The summed E-state index contributed by atoms with van der Waals surface area (Å²) in [7, 11) is 0. The second kappa shape index (κ2) is 5.28. The van der Waals surface area contributed by atoms with E-state index in [1.165, 1.54) is 5.69 Å². The topological polar surface area (TPSA) is 30.3 Å². The molecule has 0 unspecified atom stereocenters. The fraction of sp³-hybridized carbons (Fsp3) is 0.727. The van der Waals surface area contributed by atoms with E-state index in [1.807, 2.05) is 4.68 Å². The van der Waals surface area contributed by atoms with E-state index >= 15 is 0 Å². The molecule has 4 nitrogen and oxygen atoms in total. The molecule has 84 valence electrons. The van der Waals surface area contributed by atoms with Crippen molar-refractivity contribution in [2.75, 3.05) is 32.8 Å². The van der Waals surface area contributed by atoms with Gasteiger partial charge in [0, 0.05) is 25.8 Å². The SMILES string of the molecule is CCc1ccn(CCN2CCOCC2)n1. The van der Waals surface area contributed by atoms with Gasteiger partial charge in [0.2, 0.25) is 0 Å². The summed E-state index contributed by atoms with van der Waals surface area (Å²) in [6, 6.07) is 2.10. The molecular formula is C11H19N3O. The van der Waals surface area contributed by atoms with E-state index in [2.05, 4.69) is 29.2 Å². The predicted octanol–water partition coefficient (Wildman–Crippen LogP) is 0.778. The van der Waals surface area contributed by atoms with Crippen LogP contribution in [-0.4, -0.2) is 47.5 Å². The van der Waals surface area contributed by atoms with Crippen LogP contribution in [-0.2, 0) is 17.7 Å². The van der Waals surface area contributed by atoms with Gasteiger partial charge >= 0.3 is 0 Å². The minimum atomic E-state index is 0.874. The summed E-state index contributed by atoms with van der Waals surface area (Å²) in [5, 5.41) is 4.47. The Morgan fingerprint density at radius 1 is 1.33 bits per heavy atom. The maximum Gasteiger partial charge on any atom is 0.0621 e. The van der Waals surface area contributed by atoms with E-state index in [0.29, 0.717) is 0 Å². The van der Waals surface area contributed by atoms with E-state index in [9.17, 15) is 0 Å². The molecule has 1 saturated heterocycles. The molecule has 15 heavy (non-hydrogen) atoms. The zero-order valence-corrected chi connectivity index (χ0v) is 9.35. The summed E-state index contributed by atoms with van der Waals surface area (Å²) in [6.07, 6.45) is 3.09. The van der Waals surface area contributed by atoms with Gasteiger partial charge in [0.05, 0.1) is 25.5 Å². The fourth-order valence-electron chi connectivity index (χ4n) is 1.79. The Morgan fingerprint density at radius 3 is 2.80 bits per heavy atom. The number of aryl methyl sites for hydroxylation is 1. The molecule has 1 fully saturated rings. The summed E-state index contributed by atoms with van der Waals surface area (Å²) in [4.78, 5) is 2.43. The van der Waals surface area contributed by atoms with Crippen molar-refractivity contribution in [3.8, 4) is 0 Å². The van der Waals surface area contributed by atoms with Gasteiger partial charge in [0.25, 0.3) is 0 Å². The van der Waals surface area contributed by atoms with Crippen molar-refractivity contribution in [2.24, 2.45) is 0 Å². The predicted molar refractivity (Wildman–Crippen MR) is 58.9 cm³/mol. The summed E-state index contributed by atoms with van der Waals surface area (Å²) < 4.78 is 7.35. The van der Waals surface area contributed by atoms with Gasteiger partial charge in [-0.1, -0.05) is 6.92 Å². The number of nitrogens with zero attached hydrogens (tertiary/aromatic N) is 3. The molecule has 0 radical (unpaired) electrons. The average Bonchev–Trinajstić information content (AvgIpc) is 2.76. The highest BCUT2D eigenvalue weighted by atomic mass is 16.5. The summed E-state index contributed by atoms with van der Waals surface area (Å²) >= 11 is 0. The normalized spacial score (nSPS) is 18.2. The van der Waals surface area contributed by atoms with Crippen LogP contribution in [0, 0.1) is 0 Å². The Balaban J connectivity index is 1.76. The highest BCUT2D eigenvalue weighted by Gasteiger charge is 2.09. The largest absolute Gasteiger partial charge is 0.379 e. The van der Waals surface area contributed by atoms with Crippen molar-refractivity contribution < 1.29 is 4.74 Å². The van der Waals surface area contributed by atoms with Crippen LogP contribution in [0.5, 0.6) is 0 Å². The zero-order chi connectivity index (χ0) is 10.5. The molecule has 1 aromatic rings. The third-order valence-corrected chi connectivity index (χ3v) is 2.81. The minimum absolute atomic E-state index is 0.874. The Hall–Kier alpha value is -0.870. The van der Waals surface area contributed by atoms with Crippen molar-refractivity contribution in [2.45, 2.75) is 19.9 Å². The summed E-state index contributed by atoms with van der Waals surface area (Å²) in [5.74, 6) is 0. The van der Waals surface area contributed by atoms with Crippen molar-refractivity contribution in [3.63, 3.8) is 0 Å². The van der Waals surface area contributed by atoms with Crippen LogP contribution < -0.4 is 0 Å². The first kappa shape index (κ1) is 10.6. The molecule has 4 heteroatoms. The summed E-state index contributed by atoms with van der Waals surface area (Å²) in [6.45, 7) is 8.06. The van der Waals surface area contributed by atoms with Crippen LogP contribution in [0.15, 0.2) is 12.3 Å². The molecule has 0 aliphatic carbocycles. The Bertz CT molecular complexity index is 292. The third-order valence-electron chi connectivity index (χ3n) is 2.81. The van der Waals surface area contributed by atoms with Crippen molar-refractivity contribution in [1.82, 2.24) is 14.7 Å². The van der Waals surface area contributed by atoms with Crippen LogP contribution in [0.3, 0.4) is 0 Å². The van der Waals surface area contributed by atoms with Gasteiger partial charge in [-0.2, -0.15) is 5.10 Å². The maximum atomic E-state index is 5.31. The molecule has 0 atom stereocenters. The number of hydrogen-bond acceptors (Lipinski definition) is 3. The molecule has 1 aromatic heterocycles. The van der Waals surface area contributed by atoms with Crippen LogP contribution in [0.1, 0.15) is 12.6 Å². The maximum absolute atomic E-state index is 5.31. The van der Waals surface area contributed by atoms with Crippen molar-refractivity contribution >= 4 is 0 Å². The lowest BCUT2D eigenvalue weighted by Gasteiger charge is -2.26. The third kappa shape index (κ3) is 3.04. The Morgan fingerprint density at radius 2 is 2.13 bits per heavy atom. The van der Waals surface area contributed by atoms with Gasteiger partial charge < -0.3 is 4.74 Å². The molecule has 0 spiro atoms. The number of aromatic nitrogens is 2. The van der Waals surface area contributed by atoms with E-state index in [0.717, 1.165) is 45.8 Å². The molecule has 1 aliphatic rings. The highest BCUT2D eigenvalue weighted by molar-refractivity contribution is 4.97. The lowest BCUT2D eigenvalue weighted by molar-refractivity contribution is 0.0359. The number of rotatable bonds is 4. The summed E-state index contributed by atoms with van der Waals surface area (Å²) in [5.41, 5.74) is 1.18. The fourth-order valence-corrected chi connectivity index (χ4v) is 1.79. The molecule has 2 heterocycles. The van der Waals surface area contributed by atoms with E-state index in [-0.39, 0.29) is 0 Å². The molecule has 0 saturated carbocycles. The first-order valence-corrected chi connectivity index (χ1v) is 5.71. The van der Waals surface area contributed by atoms with E-state index in [4.69, 9.17) is 4.74 Å². The molecule has 0 N–H and O–H groups in total. The lowest BCUT2D eigenvalue weighted by atomic mass is 10.4. The van der Waals surface area contributed by atoms with E-state index in [1.54, 1.807) is 0 Å². The van der Waals surface area contributed by atoms with Gasteiger partial charge in [0.1, 0.15) is 0 Å². The quantitative estimate of drug-likeness (QED) is 0.734. The Kier molecular flexibility index (Phi) is 3.75. The Labute approximate surface area is 90.8 Å². The second-order valence-corrected chi connectivity index (χ2v) is 3.88. The standard InChI is InChI=1S/C11H19N3O/c1-2-11-3-4-14(12-11)6-5-13-7-9-15-10-8-13/h3-4H,2,5-10H2,1H3. The monoisotopic (exact) mass is 209 g/mol. The van der Waals surface area contributed by atoms with Gasteiger partial charge in [-0.3, -0.25) is 9.58 Å². The number of ether oxygens (including phenoxy) is 1. The van der Waals surface area contributed by atoms with Gasteiger partial charge in [0.15, 0.2) is 0 Å². The van der Waals surface area contributed by atoms with Crippen LogP contribution in [0.25, 0.3) is 0 Å². The van der Waals surface area contributed by atoms with Gasteiger partial charge in [-0.05, 0) is 12.5 Å². The van der Waals surface area contributed by atoms with Crippen molar-refractivity contribution in [3.05, 3.63) is 18.0 Å². The lowest BCUT2D eigenvalue weighted by Crippen LogP contribution is -2.38. The van der Waals surface area contributed by atoms with Crippen LogP contribution in [0.4, 0.5) is 0 Å². The van der Waals surface area contributed by atoms with E-state index < -0.39 is 0 Å². The molecule has 2 rings (SSSR count). The molecule has 1 aliphatic heterocycles. The first-order valence-electron chi connectivity index (χ1n) is 5.71. The zero-order valence-electron chi connectivity index (χ0n) is 9.35.